The van der Waals surface area contributed by atoms with E-state index < -0.39 is 0 Å². The second-order valence-corrected chi connectivity index (χ2v) is 9.11. The number of rotatable bonds is 5. The van der Waals surface area contributed by atoms with Crippen LogP contribution >= 0.6 is 0 Å². The lowest BCUT2D eigenvalue weighted by atomic mass is 9.92. The number of para-hydroxylation sites is 1. The first-order chi connectivity index (χ1) is 14.8. The predicted octanol–water partition coefficient (Wildman–Crippen LogP) is 6.63. The van der Waals surface area contributed by atoms with Gasteiger partial charge in [-0.2, -0.15) is 0 Å². The van der Waals surface area contributed by atoms with Crippen molar-refractivity contribution in [2.24, 2.45) is 7.05 Å². The molecule has 4 aromatic rings. The van der Waals surface area contributed by atoms with Gasteiger partial charge in [-0.05, 0) is 52.6 Å². The molecule has 2 heterocycles. The lowest BCUT2D eigenvalue weighted by Gasteiger charge is -2.21. The van der Waals surface area contributed by atoms with Crippen LogP contribution in [0, 0.1) is 6.92 Å². The molecule has 2 aromatic heterocycles. The summed E-state index contributed by atoms with van der Waals surface area (Å²) in [6.45, 7) is 13.5. The Labute approximate surface area is 186 Å². The Balaban J connectivity index is 2.06. The Morgan fingerprint density at radius 3 is 2.10 bits per heavy atom. The summed E-state index contributed by atoms with van der Waals surface area (Å²) in [4.78, 5) is 5.15. The zero-order valence-corrected chi connectivity index (χ0v) is 19.9. The van der Waals surface area contributed by atoms with Crippen LogP contribution in [0.15, 0.2) is 54.6 Å². The molecule has 0 saturated heterocycles. The van der Waals surface area contributed by atoms with Gasteiger partial charge in [-0.3, -0.25) is 4.57 Å². The highest BCUT2D eigenvalue weighted by atomic mass is 15.2. The minimum absolute atomic E-state index is 0.441. The van der Waals surface area contributed by atoms with Gasteiger partial charge in [0.15, 0.2) is 0 Å². The van der Waals surface area contributed by atoms with Crippen molar-refractivity contribution in [2.45, 2.75) is 59.8 Å². The van der Waals surface area contributed by atoms with E-state index >= 15 is 0 Å². The quantitative estimate of drug-likeness (QED) is 0.337. The molecular weight excluding hydrogens is 378 g/mol. The second-order valence-electron chi connectivity index (χ2n) is 9.11. The van der Waals surface area contributed by atoms with Crippen molar-refractivity contribution >= 4 is 11.2 Å². The number of nitrogens with zero attached hydrogens (tertiary/aromatic N) is 3. The fourth-order valence-corrected chi connectivity index (χ4v) is 4.64. The van der Waals surface area contributed by atoms with E-state index in [1.807, 2.05) is 0 Å². The molecule has 0 amide bonds. The molecule has 0 unspecified atom stereocenters. The lowest BCUT2D eigenvalue weighted by Crippen LogP contribution is -2.32. The van der Waals surface area contributed by atoms with Crippen LogP contribution in [-0.4, -0.2) is 9.55 Å². The van der Waals surface area contributed by atoms with E-state index in [-0.39, 0.29) is 0 Å². The molecule has 0 spiro atoms. The van der Waals surface area contributed by atoms with Crippen LogP contribution in [-0.2, 0) is 13.5 Å². The topological polar surface area (TPSA) is 21.7 Å². The number of imidazole rings is 1. The summed E-state index contributed by atoms with van der Waals surface area (Å²) in [6, 6.07) is 19.8. The van der Waals surface area contributed by atoms with Crippen molar-refractivity contribution in [1.82, 2.24) is 9.55 Å². The Morgan fingerprint density at radius 2 is 1.52 bits per heavy atom. The number of aromatic nitrogens is 3. The summed E-state index contributed by atoms with van der Waals surface area (Å²) < 4.78 is 4.67. The van der Waals surface area contributed by atoms with E-state index in [0.29, 0.717) is 11.8 Å². The average molecular weight is 413 g/mol. The van der Waals surface area contributed by atoms with Crippen LogP contribution < -0.4 is 4.57 Å². The van der Waals surface area contributed by atoms with Crippen molar-refractivity contribution in [3.05, 3.63) is 77.1 Å². The van der Waals surface area contributed by atoms with Crippen molar-refractivity contribution in [3.63, 3.8) is 0 Å². The van der Waals surface area contributed by atoms with Crippen LogP contribution in [0.25, 0.3) is 28.1 Å². The van der Waals surface area contributed by atoms with E-state index in [1.54, 1.807) is 0 Å². The van der Waals surface area contributed by atoms with Crippen LogP contribution in [0.3, 0.4) is 0 Å². The maximum atomic E-state index is 5.15. The largest absolute Gasteiger partial charge is 0.349 e. The normalized spacial score (nSPS) is 11.8. The second kappa shape index (κ2) is 8.30. The summed E-state index contributed by atoms with van der Waals surface area (Å²) in [7, 11) is 2.14. The van der Waals surface area contributed by atoms with Gasteiger partial charge in [0, 0.05) is 12.0 Å². The van der Waals surface area contributed by atoms with Crippen molar-refractivity contribution in [2.75, 3.05) is 0 Å². The van der Waals surface area contributed by atoms with E-state index in [1.165, 1.54) is 39.2 Å². The maximum Gasteiger partial charge on any atom is 0.349 e. The van der Waals surface area contributed by atoms with Gasteiger partial charge < -0.3 is 0 Å². The third kappa shape index (κ3) is 3.56. The van der Waals surface area contributed by atoms with Gasteiger partial charge in [0.1, 0.15) is 11.2 Å². The first-order valence-corrected chi connectivity index (χ1v) is 11.4. The molecule has 0 atom stereocenters. The summed E-state index contributed by atoms with van der Waals surface area (Å²) >= 11 is 0. The van der Waals surface area contributed by atoms with Crippen molar-refractivity contribution in [1.29, 1.82) is 0 Å². The lowest BCUT2D eigenvalue weighted by molar-refractivity contribution is -0.635. The number of aryl methyl sites for hydroxylation is 3. The third-order valence-electron chi connectivity index (χ3n) is 6.34. The molecule has 160 valence electrons. The van der Waals surface area contributed by atoms with Gasteiger partial charge in [0.25, 0.3) is 0 Å². The number of hydrogen-bond donors (Lipinski definition) is 0. The van der Waals surface area contributed by atoms with E-state index in [4.69, 9.17) is 4.98 Å². The smallest absolute Gasteiger partial charge is 0.269 e. The summed E-state index contributed by atoms with van der Waals surface area (Å²) in [5, 5.41) is 0. The number of fused-ring (bicyclic) bond motifs is 1. The first kappa shape index (κ1) is 21.3. The number of benzene rings is 2. The van der Waals surface area contributed by atoms with E-state index in [0.717, 1.165) is 17.9 Å². The molecule has 0 aliphatic heterocycles. The third-order valence-corrected chi connectivity index (χ3v) is 6.34. The molecule has 4 rings (SSSR count). The Bertz CT molecular complexity index is 1220. The predicted molar refractivity (Wildman–Crippen MR) is 130 cm³/mol. The zero-order valence-electron chi connectivity index (χ0n) is 19.9. The molecule has 0 bridgehead atoms. The van der Waals surface area contributed by atoms with Crippen molar-refractivity contribution in [3.8, 4) is 16.9 Å². The van der Waals surface area contributed by atoms with Gasteiger partial charge in [-0.1, -0.05) is 77.1 Å². The van der Waals surface area contributed by atoms with Crippen LogP contribution in [0.2, 0.25) is 0 Å². The zero-order chi connectivity index (χ0) is 22.3. The van der Waals surface area contributed by atoms with Gasteiger partial charge in [-0.15, -0.1) is 0 Å². The van der Waals surface area contributed by atoms with E-state index in [2.05, 4.69) is 112 Å². The molecule has 3 nitrogen and oxygen atoms in total. The highest BCUT2D eigenvalue weighted by molar-refractivity contribution is 5.76. The van der Waals surface area contributed by atoms with Gasteiger partial charge >= 0.3 is 5.65 Å². The molecule has 0 aliphatic carbocycles. The monoisotopic (exact) mass is 412 g/mol. The molecule has 0 N–H and O–H groups in total. The molecule has 0 fully saturated rings. The highest BCUT2D eigenvalue weighted by Crippen LogP contribution is 2.34. The van der Waals surface area contributed by atoms with Crippen LogP contribution in [0.1, 0.15) is 69.0 Å². The fraction of sp³-hybridized carbons (Fsp3) is 0.357. The minimum Gasteiger partial charge on any atom is -0.269 e. The molecule has 0 saturated carbocycles. The minimum atomic E-state index is 0.441. The van der Waals surface area contributed by atoms with Crippen molar-refractivity contribution < 1.29 is 4.57 Å². The molecule has 2 aromatic carbocycles. The average Bonchev–Trinajstić information content (AvgIpc) is 3.13. The fourth-order valence-electron chi connectivity index (χ4n) is 4.64. The first-order valence-electron chi connectivity index (χ1n) is 11.4. The number of pyridine rings is 1. The Kier molecular flexibility index (Phi) is 5.70. The number of hydrogen-bond acceptors (Lipinski definition) is 1. The summed E-state index contributed by atoms with van der Waals surface area (Å²) in [5.41, 5.74) is 10.0. The molecule has 3 heteroatoms. The highest BCUT2D eigenvalue weighted by Gasteiger charge is 2.27. The standard InChI is InChI=1S/C28H34N3/c1-8-26-29-28-25(17-16-24(30(28)7)23-13-10-9-12-20(23)6)31(26)27-21(18(2)3)14-11-15-22(27)19(4)5/h9-19H,8H2,1-7H3/q+1. The summed E-state index contributed by atoms with van der Waals surface area (Å²) in [6.07, 6.45) is 0.887. The summed E-state index contributed by atoms with van der Waals surface area (Å²) in [5.74, 6) is 1.99. The van der Waals surface area contributed by atoms with Gasteiger partial charge in [0.2, 0.25) is 5.82 Å². The Morgan fingerprint density at radius 1 is 0.871 bits per heavy atom. The maximum absolute atomic E-state index is 5.15. The molecule has 0 aliphatic rings. The van der Waals surface area contributed by atoms with Gasteiger partial charge in [-0.25, -0.2) is 4.57 Å². The molecule has 31 heavy (non-hydrogen) atoms. The van der Waals surface area contributed by atoms with Crippen LogP contribution in [0.4, 0.5) is 0 Å². The molecule has 0 radical (unpaired) electrons. The van der Waals surface area contributed by atoms with Gasteiger partial charge in [0.05, 0.1) is 12.7 Å². The van der Waals surface area contributed by atoms with Crippen LogP contribution in [0.5, 0.6) is 0 Å². The molecular formula is C28H34N3+. The Hall–Kier alpha value is -2.94. The SMILES string of the molecule is CCc1nc2c(ccc(-c3ccccc3C)[n+]2C)n1-c1c(C(C)C)cccc1C(C)C. The van der Waals surface area contributed by atoms with E-state index in [9.17, 15) is 0 Å².